The van der Waals surface area contributed by atoms with E-state index in [0.29, 0.717) is 12.8 Å². The molecule has 3 atom stereocenters. The maximum Gasteiger partial charge on any atom is 0.220 e. The molecule has 0 spiro atoms. The van der Waals surface area contributed by atoms with Crippen molar-refractivity contribution in [2.24, 2.45) is 0 Å². The van der Waals surface area contributed by atoms with Crippen LogP contribution in [0.25, 0.3) is 0 Å². The summed E-state index contributed by atoms with van der Waals surface area (Å²) in [5, 5.41) is 33.4. The molecule has 0 bridgehead atoms. The van der Waals surface area contributed by atoms with Crippen molar-refractivity contribution in [3.8, 4) is 0 Å². The van der Waals surface area contributed by atoms with Crippen molar-refractivity contribution in [1.82, 2.24) is 5.32 Å². The molecule has 0 saturated heterocycles. The molecular formula is C55H107NO4. The van der Waals surface area contributed by atoms with Crippen LogP contribution in [0.4, 0.5) is 0 Å². The number of hydrogen-bond acceptors (Lipinski definition) is 4. The fraction of sp³-hybridized carbons (Fsp3) is 0.909. The summed E-state index contributed by atoms with van der Waals surface area (Å²) in [7, 11) is 0. The average molecular weight is 846 g/mol. The molecule has 0 aliphatic rings. The number of hydrogen-bond donors (Lipinski definition) is 4. The summed E-state index contributed by atoms with van der Waals surface area (Å²) in [5.74, 6) is -0.153. The summed E-state index contributed by atoms with van der Waals surface area (Å²) in [4.78, 5) is 12.4. The summed E-state index contributed by atoms with van der Waals surface area (Å²) in [6.45, 7) is 4.14. The number of aliphatic hydroxyl groups is 3. The third kappa shape index (κ3) is 44.9. The Kier molecular flexibility index (Phi) is 49.5. The third-order valence-electron chi connectivity index (χ3n) is 12.8. The maximum atomic E-state index is 12.4. The van der Waals surface area contributed by atoms with Gasteiger partial charge in [-0.15, -0.1) is 0 Å². The molecule has 5 nitrogen and oxygen atoms in total. The van der Waals surface area contributed by atoms with Gasteiger partial charge >= 0.3 is 0 Å². The van der Waals surface area contributed by atoms with E-state index in [-0.39, 0.29) is 12.5 Å². The molecule has 4 N–H and O–H groups in total. The molecular weight excluding hydrogens is 739 g/mol. The number of carbonyl (C=O) groups is 1. The van der Waals surface area contributed by atoms with Gasteiger partial charge in [0.1, 0.15) is 6.10 Å². The number of carbonyl (C=O) groups excluding carboxylic acids is 1. The molecule has 0 aromatic rings. The van der Waals surface area contributed by atoms with Gasteiger partial charge in [0, 0.05) is 6.42 Å². The number of nitrogens with one attached hydrogen (secondary N) is 1. The van der Waals surface area contributed by atoms with Gasteiger partial charge in [0.2, 0.25) is 5.91 Å². The van der Waals surface area contributed by atoms with Crippen LogP contribution in [-0.4, -0.2) is 46.1 Å². The first-order valence-corrected chi connectivity index (χ1v) is 27.1. The second-order valence-corrected chi connectivity index (χ2v) is 18.8. The summed E-state index contributed by atoms with van der Waals surface area (Å²) in [5.41, 5.74) is 0. The van der Waals surface area contributed by atoms with Crippen LogP contribution in [0.5, 0.6) is 0 Å². The molecule has 0 aromatic heterocycles. The van der Waals surface area contributed by atoms with Gasteiger partial charge < -0.3 is 20.6 Å². The smallest absolute Gasteiger partial charge is 0.220 e. The minimum atomic E-state index is -1.15. The monoisotopic (exact) mass is 846 g/mol. The zero-order chi connectivity index (χ0) is 43.7. The highest BCUT2D eigenvalue weighted by Crippen LogP contribution is 2.17. The molecule has 3 unspecified atom stereocenters. The van der Waals surface area contributed by atoms with Crippen LogP contribution in [0.15, 0.2) is 24.3 Å². The first-order valence-electron chi connectivity index (χ1n) is 27.1. The lowest BCUT2D eigenvalue weighted by Crippen LogP contribution is -2.50. The van der Waals surface area contributed by atoms with Gasteiger partial charge in [0.15, 0.2) is 0 Å². The second kappa shape index (κ2) is 50.5. The minimum Gasteiger partial charge on any atom is -0.394 e. The molecule has 0 aromatic carbocycles. The van der Waals surface area contributed by atoms with E-state index in [1.54, 1.807) is 0 Å². The largest absolute Gasteiger partial charge is 0.394 e. The van der Waals surface area contributed by atoms with Gasteiger partial charge in [0.05, 0.1) is 18.8 Å². The molecule has 0 aliphatic heterocycles. The van der Waals surface area contributed by atoms with Crippen molar-refractivity contribution in [3.63, 3.8) is 0 Å². The molecule has 60 heavy (non-hydrogen) atoms. The van der Waals surface area contributed by atoms with Gasteiger partial charge in [-0.3, -0.25) is 4.79 Å². The van der Waals surface area contributed by atoms with E-state index in [2.05, 4.69) is 43.5 Å². The van der Waals surface area contributed by atoms with Crippen LogP contribution in [0, 0.1) is 0 Å². The van der Waals surface area contributed by atoms with Crippen LogP contribution in [0.2, 0.25) is 0 Å². The van der Waals surface area contributed by atoms with E-state index >= 15 is 0 Å². The Balaban J connectivity index is 3.41. The predicted molar refractivity (Wildman–Crippen MR) is 264 cm³/mol. The Morgan fingerprint density at radius 1 is 0.400 bits per heavy atom. The van der Waals surface area contributed by atoms with Gasteiger partial charge in [-0.05, 0) is 64.2 Å². The highest BCUT2D eigenvalue weighted by Gasteiger charge is 2.26. The lowest BCUT2D eigenvalue weighted by atomic mass is 10.0. The number of amides is 1. The molecule has 356 valence electrons. The van der Waals surface area contributed by atoms with Crippen LogP contribution in [0.1, 0.15) is 296 Å². The molecule has 5 heteroatoms. The molecule has 0 heterocycles. The first-order chi connectivity index (χ1) is 29.6. The van der Waals surface area contributed by atoms with E-state index in [9.17, 15) is 20.1 Å². The van der Waals surface area contributed by atoms with E-state index < -0.39 is 18.2 Å². The van der Waals surface area contributed by atoms with Gasteiger partial charge in [0.25, 0.3) is 0 Å². The van der Waals surface area contributed by atoms with E-state index in [1.165, 1.54) is 231 Å². The van der Waals surface area contributed by atoms with Crippen molar-refractivity contribution >= 4 is 5.91 Å². The number of aliphatic hydroxyl groups excluding tert-OH is 3. The third-order valence-corrected chi connectivity index (χ3v) is 12.8. The lowest BCUT2D eigenvalue weighted by molar-refractivity contribution is -0.124. The zero-order valence-electron chi connectivity index (χ0n) is 40.6. The number of unbranched alkanes of at least 4 members (excludes halogenated alkanes) is 38. The highest BCUT2D eigenvalue weighted by atomic mass is 16.3. The van der Waals surface area contributed by atoms with Gasteiger partial charge in [-0.25, -0.2) is 0 Å². The first kappa shape index (κ1) is 58.8. The molecule has 0 radical (unpaired) electrons. The van der Waals surface area contributed by atoms with Crippen LogP contribution in [-0.2, 0) is 4.79 Å². The zero-order valence-corrected chi connectivity index (χ0v) is 40.6. The summed E-state index contributed by atoms with van der Waals surface area (Å²) < 4.78 is 0. The Morgan fingerprint density at radius 3 is 0.983 bits per heavy atom. The van der Waals surface area contributed by atoms with Crippen molar-refractivity contribution < 1.29 is 20.1 Å². The maximum absolute atomic E-state index is 12.4. The van der Waals surface area contributed by atoms with Crippen LogP contribution >= 0.6 is 0 Å². The van der Waals surface area contributed by atoms with Gasteiger partial charge in [-0.1, -0.05) is 250 Å². The molecule has 0 aliphatic carbocycles. The second-order valence-electron chi connectivity index (χ2n) is 18.8. The molecule has 1 amide bonds. The van der Waals surface area contributed by atoms with E-state index in [1.807, 2.05) is 0 Å². The summed E-state index contributed by atoms with van der Waals surface area (Å²) in [6, 6.07) is -0.822. The topological polar surface area (TPSA) is 89.8 Å². The normalized spacial score (nSPS) is 13.5. The molecule has 0 saturated carbocycles. The van der Waals surface area contributed by atoms with E-state index in [0.717, 1.165) is 38.5 Å². The van der Waals surface area contributed by atoms with Crippen molar-refractivity contribution in [3.05, 3.63) is 24.3 Å². The number of allylic oxidation sites excluding steroid dienone is 4. The highest BCUT2D eigenvalue weighted by molar-refractivity contribution is 5.76. The Hall–Kier alpha value is -1.17. The fourth-order valence-corrected chi connectivity index (χ4v) is 8.57. The average Bonchev–Trinajstić information content (AvgIpc) is 3.25. The van der Waals surface area contributed by atoms with Crippen molar-refractivity contribution in [2.45, 2.75) is 315 Å². The predicted octanol–water partition coefficient (Wildman–Crippen LogP) is 16.5. The lowest BCUT2D eigenvalue weighted by Gasteiger charge is -2.26. The summed E-state index contributed by atoms with van der Waals surface area (Å²) >= 11 is 0. The molecule has 0 fully saturated rings. The Labute approximate surface area is 375 Å². The number of rotatable bonds is 50. The summed E-state index contributed by atoms with van der Waals surface area (Å²) in [6.07, 6.45) is 63.7. The van der Waals surface area contributed by atoms with Crippen molar-refractivity contribution in [1.29, 1.82) is 0 Å². The molecule has 0 rings (SSSR count). The SMILES string of the molecule is CCCCCC/C=C/CCCC(O)C(O)C(CO)NC(=O)CCCCCCCCCCCCCCCCCCC/C=C\CCCCCCCCCCCCCCCCCC. The van der Waals surface area contributed by atoms with Crippen LogP contribution < -0.4 is 5.32 Å². The van der Waals surface area contributed by atoms with E-state index in [4.69, 9.17) is 0 Å². The standard InChI is InChI=1S/C55H107NO4/c1-3-5-7-9-11-13-14-15-16-17-18-19-20-21-22-23-24-25-26-27-28-29-30-31-32-33-34-35-36-37-38-39-40-42-44-46-48-50-54(59)56-52(51-57)55(60)53(58)49-47-45-43-41-12-10-8-6-4-2/h25-26,41,43,52-53,55,57-58,60H,3-24,27-40,42,44-51H2,1-2H3,(H,56,59)/b26-25-,43-41+. The van der Waals surface area contributed by atoms with Crippen molar-refractivity contribution in [2.75, 3.05) is 6.61 Å². The van der Waals surface area contributed by atoms with Crippen LogP contribution in [0.3, 0.4) is 0 Å². The fourth-order valence-electron chi connectivity index (χ4n) is 8.57. The van der Waals surface area contributed by atoms with Gasteiger partial charge in [-0.2, -0.15) is 0 Å². The Morgan fingerprint density at radius 2 is 0.667 bits per heavy atom. The Bertz CT molecular complexity index is 890. The minimum absolute atomic E-state index is 0.153. The quantitative estimate of drug-likeness (QED) is 0.0363.